The van der Waals surface area contributed by atoms with Gasteiger partial charge in [-0.15, -0.1) is 23.7 Å². The van der Waals surface area contributed by atoms with Crippen LogP contribution in [0.25, 0.3) is 0 Å². The van der Waals surface area contributed by atoms with E-state index < -0.39 is 16.1 Å². The highest BCUT2D eigenvalue weighted by Gasteiger charge is 2.42. The number of sulfonamides is 1. The molecule has 2 aliphatic rings. The third kappa shape index (κ3) is 5.03. The van der Waals surface area contributed by atoms with E-state index >= 15 is 0 Å². The van der Waals surface area contributed by atoms with Crippen LogP contribution in [0.3, 0.4) is 0 Å². The zero-order chi connectivity index (χ0) is 18.7. The molecule has 2 fully saturated rings. The number of carbonyl (C=O) groups is 1. The van der Waals surface area contributed by atoms with Crippen molar-refractivity contribution in [2.75, 3.05) is 33.2 Å². The van der Waals surface area contributed by atoms with Crippen molar-refractivity contribution in [1.82, 2.24) is 14.5 Å². The summed E-state index contributed by atoms with van der Waals surface area (Å²) in [5.74, 6) is 0.649. The normalized spacial score (nSPS) is 22.0. The highest BCUT2D eigenvalue weighted by atomic mass is 35.5. The molecule has 27 heavy (non-hydrogen) atoms. The van der Waals surface area contributed by atoms with E-state index in [-0.39, 0.29) is 18.3 Å². The van der Waals surface area contributed by atoms with Gasteiger partial charge in [-0.25, -0.2) is 8.42 Å². The van der Waals surface area contributed by atoms with E-state index in [9.17, 15) is 13.2 Å². The smallest absolute Gasteiger partial charge is 0.253 e. The Morgan fingerprint density at radius 3 is 2.52 bits per heavy atom. The Kier molecular flexibility index (Phi) is 8.12. The third-order valence-corrected chi connectivity index (χ3v) is 8.87. The van der Waals surface area contributed by atoms with Gasteiger partial charge in [0.25, 0.3) is 10.0 Å². The monoisotopic (exact) mass is 435 g/mol. The Bertz CT molecular complexity index is 730. The Morgan fingerprint density at radius 2 is 1.93 bits per heavy atom. The molecule has 0 saturated carbocycles. The zero-order valence-electron chi connectivity index (χ0n) is 16.0. The number of nitrogens with one attached hydrogen (secondary N) is 1. The van der Waals surface area contributed by atoms with Gasteiger partial charge in [-0.2, -0.15) is 4.31 Å². The summed E-state index contributed by atoms with van der Waals surface area (Å²) in [5, 5.41) is 3.18. The number of carbonyl (C=O) groups excluding carboxylic acids is 1. The Balaban J connectivity index is 0.00000261. The molecule has 1 amide bonds. The minimum atomic E-state index is -3.58. The number of nitrogens with zero attached hydrogens (tertiary/aromatic N) is 2. The van der Waals surface area contributed by atoms with Crippen molar-refractivity contribution in [2.45, 2.75) is 49.3 Å². The summed E-state index contributed by atoms with van der Waals surface area (Å²) in [5.41, 5.74) is 0. The fourth-order valence-corrected chi connectivity index (χ4v) is 7.01. The van der Waals surface area contributed by atoms with E-state index in [1.54, 1.807) is 6.07 Å². The second-order valence-corrected chi connectivity index (χ2v) is 10.7. The van der Waals surface area contributed by atoms with Gasteiger partial charge >= 0.3 is 0 Å². The Labute approximate surface area is 172 Å². The molecular weight excluding hydrogens is 406 g/mol. The Morgan fingerprint density at radius 1 is 1.22 bits per heavy atom. The molecule has 2 aliphatic heterocycles. The van der Waals surface area contributed by atoms with Crippen LogP contribution in [0.5, 0.6) is 0 Å². The molecule has 1 aromatic heterocycles. The molecule has 3 rings (SSSR count). The lowest BCUT2D eigenvalue weighted by Gasteiger charge is -2.35. The quantitative estimate of drug-likeness (QED) is 0.745. The fourth-order valence-electron chi connectivity index (χ4n) is 3.94. The molecule has 154 valence electrons. The number of aryl methyl sites for hydroxylation is 1. The maximum Gasteiger partial charge on any atom is 0.253 e. The second kappa shape index (κ2) is 9.69. The number of thiophene rings is 1. The number of piperidine rings is 1. The first-order valence-corrected chi connectivity index (χ1v) is 11.7. The summed E-state index contributed by atoms with van der Waals surface area (Å²) in [6.07, 6.45) is 4.54. The fraction of sp³-hybridized carbons (Fsp3) is 0.722. The molecule has 0 aliphatic carbocycles. The van der Waals surface area contributed by atoms with E-state index in [4.69, 9.17) is 0 Å². The van der Waals surface area contributed by atoms with Crippen LogP contribution in [0.2, 0.25) is 0 Å². The van der Waals surface area contributed by atoms with Crippen molar-refractivity contribution in [3.8, 4) is 0 Å². The van der Waals surface area contributed by atoms with Crippen LogP contribution >= 0.6 is 23.7 Å². The third-order valence-electron chi connectivity index (χ3n) is 5.50. The number of rotatable bonds is 6. The summed E-state index contributed by atoms with van der Waals surface area (Å²) in [6, 6.07) is 2.94. The first-order valence-electron chi connectivity index (χ1n) is 9.45. The molecule has 9 heteroatoms. The molecule has 1 unspecified atom stereocenters. The van der Waals surface area contributed by atoms with Gasteiger partial charge in [0.2, 0.25) is 5.91 Å². The Hall–Kier alpha value is -0.670. The number of halogens is 1. The van der Waals surface area contributed by atoms with Crippen LogP contribution in [-0.2, 0) is 14.8 Å². The van der Waals surface area contributed by atoms with Gasteiger partial charge in [-0.3, -0.25) is 4.79 Å². The number of likely N-dealkylation sites (tertiary alicyclic amines) is 1. The van der Waals surface area contributed by atoms with Crippen molar-refractivity contribution in [2.24, 2.45) is 5.92 Å². The average Bonchev–Trinajstić information content (AvgIpc) is 3.29. The SMILES string of the molecule is CNCCC1CCN(C(=O)C2CCCN2S(=O)(=O)c2ccc(C)s2)CC1.Cl. The van der Waals surface area contributed by atoms with Crippen LogP contribution < -0.4 is 5.32 Å². The molecule has 6 nitrogen and oxygen atoms in total. The van der Waals surface area contributed by atoms with E-state index in [2.05, 4.69) is 5.32 Å². The number of amides is 1. The van der Waals surface area contributed by atoms with Gasteiger partial charge in [0.05, 0.1) is 0 Å². The predicted octanol–water partition coefficient (Wildman–Crippen LogP) is 2.48. The molecule has 0 bridgehead atoms. The first kappa shape index (κ1) is 22.6. The van der Waals surface area contributed by atoms with E-state index in [0.717, 1.165) is 50.2 Å². The van der Waals surface area contributed by atoms with Crippen molar-refractivity contribution < 1.29 is 13.2 Å². The molecule has 0 radical (unpaired) electrons. The van der Waals surface area contributed by atoms with E-state index in [1.165, 1.54) is 15.6 Å². The first-order chi connectivity index (χ1) is 12.4. The molecular formula is C18H30ClN3O3S2. The summed E-state index contributed by atoms with van der Waals surface area (Å²) in [4.78, 5) is 15.9. The highest BCUT2D eigenvalue weighted by molar-refractivity contribution is 7.91. The van der Waals surface area contributed by atoms with E-state index in [1.807, 2.05) is 24.9 Å². The zero-order valence-corrected chi connectivity index (χ0v) is 18.5. The standard InChI is InChI=1S/C18H29N3O3S2.ClH/c1-14-5-6-17(25-14)26(23,24)21-11-3-4-16(21)18(22)20-12-8-15(9-13-20)7-10-19-2;/h5-6,15-16,19H,3-4,7-13H2,1-2H3;1H. The molecule has 2 saturated heterocycles. The second-order valence-electron chi connectivity index (χ2n) is 7.30. The molecule has 0 spiro atoms. The van der Waals surface area contributed by atoms with Gasteiger partial charge in [0, 0.05) is 24.5 Å². The van der Waals surface area contributed by atoms with Gasteiger partial charge in [0.1, 0.15) is 10.3 Å². The molecule has 0 aromatic carbocycles. The van der Waals surface area contributed by atoms with Gasteiger partial charge < -0.3 is 10.2 Å². The van der Waals surface area contributed by atoms with Crippen LogP contribution in [0.15, 0.2) is 16.3 Å². The maximum atomic E-state index is 13.0. The van der Waals surface area contributed by atoms with Crippen molar-refractivity contribution in [1.29, 1.82) is 0 Å². The van der Waals surface area contributed by atoms with Crippen molar-refractivity contribution >= 4 is 39.7 Å². The lowest BCUT2D eigenvalue weighted by Crippen LogP contribution is -2.49. The van der Waals surface area contributed by atoms with E-state index in [0.29, 0.717) is 23.1 Å². The predicted molar refractivity (Wildman–Crippen MR) is 111 cm³/mol. The summed E-state index contributed by atoms with van der Waals surface area (Å²) >= 11 is 1.28. The van der Waals surface area contributed by atoms with Crippen LogP contribution in [-0.4, -0.2) is 62.8 Å². The topological polar surface area (TPSA) is 69.7 Å². The highest BCUT2D eigenvalue weighted by Crippen LogP contribution is 2.31. The maximum absolute atomic E-state index is 13.0. The van der Waals surface area contributed by atoms with Gasteiger partial charge in [0.15, 0.2) is 0 Å². The number of hydrogen-bond donors (Lipinski definition) is 1. The largest absolute Gasteiger partial charge is 0.341 e. The van der Waals surface area contributed by atoms with Crippen LogP contribution in [0.4, 0.5) is 0 Å². The molecule has 3 heterocycles. The van der Waals surface area contributed by atoms with Crippen LogP contribution in [0, 0.1) is 12.8 Å². The minimum absolute atomic E-state index is 0. The van der Waals surface area contributed by atoms with Crippen molar-refractivity contribution in [3.63, 3.8) is 0 Å². The molecule has 1 atom stereocenters. The van der Waals surface area contributed by atoms with Gasteiger partial charge in [-0.1, -0.05) is 0 Å². The molecule has 1 N–H and O–H groups in total. The van der Waals surface area contributed by atoms with Crippen molar-refractivity contribution in [3.05, 3.63) is 17.0 Å². The number of hydrogen-bond acceptors (Lipinski definition) is 5. The lowest BCUT2D eigenvalue weighted by atomic mass is 9.93. The summed E-state index contributed by atoms with van der Waals surface area (Å²) in [7, 11) is -1.62. The summed E-state index contributed by atoms with van der Waals surface area (Å²) in [6.45, 7) is 4.84. The minimum Gasteiger partial charge on any atom is -0.341 e. The average molecular weight is 436 g/mol. The van der Waals surface area contributed by atoms with Crippen LogP contribution in [0.1, 0.15) is 37.0 Å². The summed E-state index contributed by atoms with van der Waals surface area (Å²) < 4.78 is 27.7. The lowest BCUT2D eigenvalue weighted by molar-refractivity contribution is -0.136. The molecule has 1 aromatic rings. The van der Waals surface area contributed by atoms with Gasteiger partial charge in [-0.05, 0) is 70.7 Å².